The van der Waals surface area contributed by atoms with Crippen molar-refractivity contribution in [1.82, 2.24) is 5.43 Å². The summed E-state index contributed by atoms with van der Waals surface area (Å²) in [5.41, 5.74) is 0.896. The van der Waals surface area contributed by atoms with Gasteiger partial charge in [-0.15, -0.1) is 0 Å². The number of carbonyl (C=O) groups excluding carboxylic acids is 1. The highest BCUT2D eigenvalue weighted by Crippen LogP contribution is 2.45. The second-order valence-corrected chi connectivity index (χ2v) is 5.81. The van der Waals surface area contributed by atoms with Crippen LogP contribution in [0.3, 0.4) is 0 Å². The normalized spacial score (nSPS) is 13.0. The van der Waals surface area contributed by atoms with Crippen LogP contribution < -0.4 is 5.43 Å². The minimum atomic E-state index is -6.48. The number of ether oxygens (including phenoxy) is 1. The number of hydrogen-bond acceptors (Lipinski definition) is 5. The fraction of sp³-hybridized carbons (Fsp3) is 0.250. The van der Waals surface area contributed by atoms with Crippen molar-refractivity contribution in [3.05, 3.63) is 46.7 Å². The average molecular weight is 447 g/mol. The number of esters is 1. The van der Waals surface area contributed by atoms with Crippen LogP contribution in [0.2, 0.25) is 5.02 Å². The molecule has 0 aliphatic heterocycles. The van der Waals surface area contributed by atoms with Crippen molar-refractivity contribution in [1.29, 1.82) is 0 Å². The first-order chi connectivity index (χ1) is 13.3. The van der Waals surface area contributed by atoms with Crippen LogP contribution in [-0.4, -0.2) is 37.4 Å². The maximum atomic E-state index is 13.1. The van der Waals surface area contributed by atoms with Gasteiger partial charge in [0.15, 0.2) is 0 Å². The van der Waals surface area contributed by atoms with Crippen molar-refractivity contribution >= 4 is 23.8 Å². The molecule has 13 heteroatoms. The molecule has 29 heavy (non-hydrogen) atoms. The summed E-state index contributed by atoms with van der Waals surface area (Å²) in [5, 5.41) is 2.70. The number of furan rings is 1. The Hall–Kier alpha value is -2.76. The molecule has 0 atom stereocenters. The number of hydrazone groups is 1. The highest BCUT2D eigenvalue weighted by Gasteiger charge is 2.73. The van der Waals surface area contributed by atoms with E-state index >= 15 is 0 Å². The Bertz CT molecular complexity index is 925. The molecule has 0 bridgehead atoms. The van der Waals surface area contributed by atoms with E-state index in [0.29, 0.717) is 17.2 Å². The van der Waals surface area contributed by atoms with E-state index in [1.165, 1.54) is 30.3 Å². The van der Waals surface area contributed by atoms with Crippen molar-refractivity contribution in [3.63, 3.8) is 0 Å². The Morgan fingerprint density at radius 2 is 1.79 bits per heavy atom. The van der Waals surface area contributed by atoms with Gasteiger partial charge in [0.05, 0.1) is 23.9 Å². The standard InChI is InChI=1S/C16H10ClF7N2O3/c1-28-13(27)10-4-2-8(6-11(10)17)12-5-3-9(29-12)7-25-26-16(23,24)14(18,19)15(20,21)22/h2-7,26H,1H3/b25-7+. The summed E-state index contributed by atoms with van der Waals surface area (Å²) in [6.45, 7) is 0. The molecule has 0 fully saturated rings. The topological polar surface area (TPSA) is 63.8 Å². The number of rotatable bonds is 6. The van der Waals surface area contributed by atoms with Crippen molar-refractivity contribution in [3.8, 4) is 11.3 Å². The third kappa shape index (κ3) is 4.63. The maximum absolute atomic E-state index is 13.1. The van der Waals surface area contributed by atoms with Crippen molar-refractivity contribution in [2.75, 3.05) is 7.11 Å². The van der Waals surface area contributed by atoms with Crippen molar-refractivity contribution in [2.45, 2.75) is 18.1 Å². The second-order valence-electron chi connectivity index (χ2n) is 5.40. The van der Waals surface area contributed by atoms with E-state index in [2.05, 4.69) is 9.84 Å². The fourth-order valence-corrected chi connectivity index (χ4v) is 2.20. The number of methoxy groups -OCH3 is 1. The molecule has 5 nitrogen and oxygen atoms in total. The van der Waals surface area contributed by atoms with Gasteiger partial charge in [-0.25, -0.2) is 10.2 Å². The van der Waals surface area contributed by atoms with E-state index in [-0.39, 0.29) is 22.1 Å². The van der Waals surface area contributed by atoms with Crippen LogP contribution >= 0.6 is 11.6 Å². The van der Waals surface area contributed by atoms with Gasteiger partial charge in [-0.3, -0.25) is 0 Å². The zero-order valence-corrected chi connectivity index (χ0v) is 14.9. The number of alkyl halides is 7. The van der Waals surface area contributed by atoms with E-state index in [1.807, 2.05) is 0 Å². The van der Waals surface area contributed by atoms with Crippen LogP contribution in [-0.2, 0) is 4.74 Å². The van der Waals surface area contributed by atoms with Crippen LogP contribution in [0.25, 0.3) is 11.3 Å². The highest BCUT2D eigenvalue weighted by molar-refractivity contribution is 6.33. The molecular weight excluding hydrogens is 437 g/mol. The molecule has 2 rings (SSSR count). The third-order valence-electron chi connectivity index (χ3n) is 3.43. The number of halogens is 8. The summed E-state index contributed by atoms with van der Waals surface area (Å²) in [5.74, 6) is -7.15. The van der Waals surface area contributed by atoms with Gasteiger partial charge in [0.25, 0.3) is 0 Å². The summed E-state index contributed by atoms with van der Waals surface area (Å²) in [6.07, 6.45) is -6.00. The van der Waals surface area contributed by atoms with Gasteiger partial charge >= 0.3 is 24.1 Å². The summed E-state index contributed by atoms with van der Waals surface area (Å²) in [4.78, 5) is 11.5. The molecule has 0 spiro atoms. The van der Waals surface area contributed by atoms with Crippen molar-refractivity contribution < 1.29 is 44.7 Å². The molecule has 1 aromatic carbocycles. The predicted octanol–water partition coefficient (Wildman–Crippen LogP) is 5.10. The quantitative estimate of drug-likeness (QED) is 0.220. The fourth-order valence-electron chi connectivity index (χ4n) is 1.95. The van der Waals surface area contributed by atoms with Crippen LogP contribution in [0, 0.1) is 0 Å². The smallest absolute Gasteiger partial charge is 0.462 e. The van der Waals surface area contributed by atoms with Gasteiger partial charge < -0.3 is 9.15 Å². The lowest BCUT2D eigenvalue weighted by molar-refractivity contribution is -0.361. The van der Waals surface area contributed by atoms with E-state index in [4.69, 9.17) is 16.0 Å². The molecule has 1 aromatic heterocycles. The second kappa shape index (κ2) is 7.93. The lowest BCUT2D eigenvalue weighted by Crippen LogP contribution is -2.58. The lowest BCUT2D eigenvalue weighted by atomic mass is 10.1. The Morgan fingerprint density at radius 3 is 2.34 bits per heavy atom. The molecule has 0 aliphatic carbocycles. The van der Waals surface area contributed by atoms with Crippen LogP contribution in [0.1, 0.15) is 16.1 Å². The van der Waals surface area contributed by atoms with E-state index in [0.717, 1.165) is 7.11 Å². The number of hydrogen-bond donors (Lipinski definition) is 1. The Morgan fingerprint density at radius 1 is 1.14 bits per heavy atom. The zero-order valence-electron chi connectivity index (χ0n) is 14.2. The molecule has 0 radical (unpaired) electrons. The molecular formula is C16H10ClF7N2O3. The Kier molecular flexibility index (Phi) is 6.16. The number of nitrogens with one attached hydrogen (secondary N) is 1. The summed E-state index contributed by atoms with van der Waals surface area (Å²) >= 11 is 5.95. The molecule has 1 N–H and O–H groups in total. The van der Waals surface area contributed by atoms with Gasteiger partial charge in [0, 0.05) is 5.56 Å². The van der Waals surface area contributed by atoms with E-state index in [9.17, 15) is 35.5 Å². The summed E-state index contributed by atoms with van der Waals surface area (Å²) in [7, 11) is 1.16. The number of benzene rings is 1. The SMILES string of the molecule is COC(=O)c1ccc(-c2ccc(/C=N/NC(F)(F)C(F)(F)C(F)(F)F)o2)cc1Cl. The first-order valence-corrected chi connectivity index (χ1v) is 7.78. The molecule has 0 saturated heterocycles. The zero-order chi connectivity index (χ0) is 22.0. The molecule has 0 aliphatic rings. The highest BCUT2D eigenvalue weighted by atomic mass is 35.5. The van der Waals surface area contributed by atoms with Gasteiger partial charge in [-0.1, -0.05) is 17.7 Å². The number of carbonyl (C=O) groups is 1. The third-order valence-corrected chi connectivity index (χ3v) is 3.75. The molecule has 0 unspecified atom stereocenters. The minimum absolute atomic E-state index is 0.0247. The minimum Gasteiger partial charge on any atom is -0.465 e. The predicted molar refractivity (Wildman–Crippen MR) is 87.2 cm³/mol. The molecule has 0 amide bonds. The average Bonchev–Trinajstić information content (AvgIpc) is 3.08. The van der Waals surface area contributed by atoms with Gasteiger partial charge in [-0.2, -0.15) is 35.8 Å². The van der Waals surface area contributed by atoms with Gasteiger partial charge in [0.2, 0.25) is 0 Å². The molecule has 2 aromatic rings. The monoisotopic (exact) mass is 446 g/mol. The van der Waals surface area contributed by atoms with Crippen LogP contribution in [0.15, 0.2) is 39.9 Å². The number of nitrogens with zero attached hydrogens (tertiary/aromatic N) is 1. The molecule has 1 heterocycles. The van der Waals surface area contributed by atoms with Crippen LogP contribution in [0.4, 0.5) is 30.7 Å². The molecule has 0 saturated carbocycles. The first-order valence-electron chi connectivity index (χ1n) is 7.41. The summed E-state index contributed by atoms with van der Waals surface area (Å²) in [6, 6.07) is 0.920. The van der Waals surface area contributed by atoms with Gasteiger partial charge in [-0.05, 0) is 24.3 Å². The lowest BCUT2D eigenvalue weighted by Gasteiger charge is -2.27. The Balaban J connectivity index is 2.15. The van der Waals surface area contributed by atoms with Gasteiger partial charge in [0.1, 0.15) is 11.5 Å². The maximum Gasteiger partial charge on any atom is 0.462 e. The summed E-state index contributed by atoms with van der Waals surface area (Å²) < 4.78 is 97.4. The Labute approximate surface area is 163 Å². The van der Waals surface area contributed by atoms with Crippen molar-refractivity contribution in [2.24, 2.45) is 5.10 Å². The van der Waals surface area contributed by atoms with E-state index < -0.39 is 24.1 Å². The molecule has 158 valence electrons. The van der Waals surface area contributed by atoms with Crippen LogP contribution in [0.5, 0.6) is 0 Å². The van der Waals surface area contributed by atoms with E-state index in [1.54, 1.807) is 0 Å². The first kappa shape index (κ1) is 22.5. The largest absolute Gasteiger partial charge is 0.465 e.